The molecular weight excluding hydrogens is 264 g/mol. The molecular formula is C16H24N4O. The number of rotatable bonds is 4. The van der Waals surface area contributed by atoms with E-state index in [4.69, 9.17) is 0 Å². The zero-order chi connectivity index (χ0) is 15.2. The number of likely N-dealkylation sites (tertiary alicyclic amines) is 1. The van der Waals surface area contributed by atoms with Crippen molar-refractivity contribution in [1.29, 1.82) is 0 Å². The summed E-state index contributed by atoms with van der Waals surface area (Å²) < 4.78 is 0. The Balaban J connectivity index is 1.90. The van der Waals surface area contributed by atoms with E-state index in [1.165, 1.54) is 0 Å². The summed E-state index contributed by atoms with van der Waals surface area (Å²) >= 11 is 0. The van der Waals surface area contributed by atoms with Crippen molar-refractivity contribution in [2.24, 2.45) is 5.10 Å². The van der Waals surface area contributed by atoms with E-state index in [0.29, 0.717) is 5.56 Å². The number of benzene rings is 1. The molecule has 21 heavy (non-hydrogen) atoms. The molecule has 5 nitrogen and oxygen atoms in total. The van der Waals surface area contributed by atoms with Gasteiger partial charge >= 0.3 is 0 Å². The number of hydrogen-bond donors (Lipinski definition) is 1. The molecule has 1 N–H and O–H groups in total. The van der Waals surface area contributed by atoms with Gasteiger partial charge < -0.3 is 9.80 Å². The highest BCUT2D eigenvalue weighted by Crippen LogP contribution is 2.12. The Morgan fingerprint density at radius 3 is 2.38 bits per heavy atom. The van der Waals surface area contributed by atoms with Crippen molar-refractivity contribution < 1.29 is 4.79 Å². The Labute approximate surface area is 126 Å². The lowest BCUT2D eigenvalue weighted by atomic mass is 10.1. The zero-order valence-electron chi connectivity index (χ0n) is 13.1. The summed E-state index contributed by atoms with van der Waals surface area (Å²) in [5, 5.41) is 4.27. The van der Waals surface area contributed by atoms with E-state index in [2.05, 4.69) is 22.4 Å². The van der Waals surface area contributed by atoms with Gasteiger partial charge in [-0.25, -0.2) is 5.43 Å². The van der Waals surface area contributed by atoms with Crippen LogP contribution in [-0.4, -0.2) is 50.2 Å². The van der Waals surface area contributed by atoms with Crippen molar-refractivity contribution in [3.63, 3.8) is 0 Å². The normalized spacial score (nSPS) is 15.7. The Bertz CT molecular complexity index is 498. The van der Waals surface area contributed by atoms with E-state index < -0.39 is 0 Å². The molecule has 1 fully saturated rings. The Kier molecular flexibility index (Phi) is 5.33. The fourth-order valence-corrected chi connectivity index (χ4v) is 2.34. The van der Waals surface area contributed by atoms with E-state index in [1.54, 1.807) is 0 Å². The first-order valence-electron chi connectivity index (χ1n) is 7.45. The van der Waals surface area contributed by atoms with Gasteiger partial charge in [-0.15, -0.1) is 0 Å². The molecule has 0 spiro atoms. The number of anilines is 1. The SMILES string of the molecule is CCN1CCC(=NNC(=O)c2ccc(N(C)C)cc2)CC1. The number of nitrogens with zero attached hydrogens (tertiary/aromatic N) is 3. The molecule has 1 aromatic carbocycles. The van der Waals surface area contributed by atoms with Crippen LogP contribution in [0.1, 0.15) is 30.1 Å². The molecule has 0 aromatic heterocycles. The minimum Gasteiger partial charge on any atom is -0.378 e. The molecule has 1 saturated heterocycles. The number of hydrazone groups is 1. The topological polar surface area (TPSA) is 47.9 Å². The molecule has 2 rings (SSSR count). The Morgan fingerprint density at radius 2 is 1.86 bits per heavy atom. The number of carbonyl (C=O) groups is 1. The van der Waals surface area contributed by atoms with Crippen LogP contribution in [0.3, 0.4) is 0 Å². The first-order chi connectivity index (χ1) is 10.1. The van der Waals surface area contributed by atoms with Gasteiger partial charge in [-0.05, 0) is 30.8 Å². The molecule has 1 aromatic rings. The molecule has 0 aliphatic carbocycles. The van der Waals surface area contributed by atoms with Crippen LogP contribution in [0.2, 0.25) is 0 Å². The molecule has 0 saturated carbocycles. The van der Waals surface area contributed by atoms with Crippen LogP contribution in [0.15, 0.2) is 29.4 Å². The molecule has 1 aliphatic rings. The fourth-order valence-electron chi connectivity index (χ4n) is 2.34. The zero-order valence-corrected chi connectivity index (χ0v) is 13.1. The number of hydrogen-bond acceptors (Lipinski definition) is 4. The predicted molar refractivity (Wildman–Crippen MR) is 87.0 cm³/mol. The monoisotopic (exact) mass is 288 g/mol. The van der Waals surface area contributed by atoms with Gasteiger partial charge in [-0.1, -0.05) is 6.92 Å². The number of nitrogens with one attached hydrogen (secondary N) is 1. The van der Waals surface area contributed by atoms with Gasteiger partial charge in [0, 0.05) is 57.0 Å². The number of carbonyl (C=O) groups excluding carboxylic acids is 1. The summed E-state index contributed by atoms with van der Waals surface area (Å²) in [5.74, 6) is -0.147. The maximum absolute atomic E-state index is 12.0. The summed E-state index contributed by atoms with van der Waals surface area (Å²) in [6.45, 7) is 5.31. The standard InChI is InChI=1S/C16H24N4O/c1-4-20-11-9-14(10-12-20)17-18-16(21)13-5-7-15(8-6-13)19(2)3/h5-8H,4,9-12H2,1-3H3,(H,18,21). The third-order valence-corrected chi connectivity index (χ3v) is 3.84. The molecule has 0 unspecified atom stereocenters. The lowest BCUT2D eigenvalue weighted by Gasteiger charge is -2.25. The van der Waals surface area contributed by atoms with Gasteiger partial charge in [-0.2, -0.15) is 5.10 Å². The Hall–Kier alpha value is -1.88. The van der Waals surface area contributed by atoms with Crippen molar-refractivity contribution in [3.05, 3.63) is 29.8 Å². The van der Waals surface area contributed by atoms with Crippen LogP contribution < -0.4 is 10.3 Å². The van der Waals surface area contributed by atoms with Crippen LogP contribution in [0.25, 0.3) is 0 Å². The number of piperidine rings is 1. The third kappa shape index (κ3) is 4.29. The molecule has 1 aliphatic heterocycles. The molecule has 0 radical (unpaired) electrons. The second-order valence-corrected chi connectivity index (χ2v) is 5.49. The maximum atomic E-state index is 12.0. The molecule has 1 heterocycles. The summed E-state index contributed by atoms with van der Waals surface area (Å²) in [6, 6.07) is 7.51. The largest absolute Gasteiger partial charge is 0.378 e. The average Bonchev–Trinajstić information content (AvgIpc) is 2.53. The molecule has 0 bridgehead atoms. The van der Waals surface area contributed by atoms with Crippen molar-refractivity contribution in [3.8, 4) is 0 Å². The molecule has 1 amide bonds. The fraction of sp³-hybridized carbons (Fsp3) is 0.500. The lowest BCUT2D eigenvalue weighted by molar-refractivity contribution is 0.0954. The molecule has 0 atom stereocenters. The van der Waals surface area contributed by atoms with Crippen LogP contribution in [0.4, 0.5) is 5.69 Å². The van der Waals surface area contributed by atoms with Gasteiger partial charge in [-0.3, -0.25) is 4.79 Å². The van der Waals surface area contributed by atoms with E-state index in [-0.39, 0.29) is 5.91 Å². The van der Waals surface area contributed by atoms with E-state index in [0.717, 1.165) is 43.9 Å². The lowest BCUT2D eigenvalue weighted by Crippen LogP contribution is -2.34. The van der Waals surface area contributed by atoms with Crippen molar-refractivity contribution in [2.75, 3.05) is 38.6 Å². The van der Waals surface area contributed by atoms with Crippen molar-refractivity contribution in [2.45, 2.75) is 19.8 Å². The first kappa shape index (κ1) is 15.5. The summed E-state index contributed by atoms with van der Waals surface area (Å²) in [4.78, 5) is 16.4. The van der Waals surface area contributed by atoms with Crippen molar-refractivity contribution in [1.82, 2.24) is 10.3 Å². The van der Waals surface area contributed by atoms with E-state index >= 15 is 0 Å². The smallest absolute Gasteiger partial charge is 0.271 e. The summed E-state index contributed by atoms with van der Waals surface area (Å²) in [6.07, 6.45) is 1.88. The highest BCUT2D eigenvalue weighted by Gasteiger charge is 2.13. The van der Waals surface area contributed by atoms with E-state index in [9.17, 15) is 4.79 Å². The third-order valence-electron chi connectivity index (χ3n) is 3.84. The first-order valence-corrected chi connectivity index (χ1v) is 7.45. The molecule has 114 valence electrons. The highest BCUT2D eigenvalue weighted by atomic mass is 16.2. The average molecular weight is 288 g/mol. The van der Waals surface area contributed by atoms with Crippen LogP contribution in [-0.2, 0) is 0 Å². The van der Waals surface area contributed by atoms with Gasteiger partial charge in [0.25, 0.3) is 5.91 Å². The van der Waals surface area contributed by atoms with Crippen LogP contribution in [0.5, 0.6) is 0 Å². The van der Waals surface area contributed by atoms with E-state index in [1.807, 2.05) is 43.3 Å². The second-order valence-electron chi connectivity index (χ2n) is 5.49. The van der Waals surface area contributed by atoms with Gasteiger partial charge in [0.05, 0.1) is 0 Å². The highest BCUT2D eigenvalue weighted by molar-refractivity contribution is 5.95. The summed E-state index contributed by atoms with van der Waals surface area (Å²) in [5.41, 5.74) is 5.46. The quantitative estimate of drug-likeness (QED) is 0.862. The minimum absolute atomic E-state index is 0.147. The second kappa shape index (κ2) is 7.22. The van der Waals surface area contributed by atoms with Gasteiger partial charge in [0.1, 0.15) is 0 Å². The minimum atomic E-state index is -0.147. The predicted octanol–water partition coefficient (Wildman–Crippen LogP) is 1.95. The van der Waals surface area contributed by atoms with Gasteiger partial charge in [0.15, 0.2) is 0 Å². The van der Waals surface area contributed by atoms with Crippen LogP contribution >= 0.6 is 0 Å². The number of amides is 1. The Morgan fingerprint density at radius 1 is 1.24 bits per heavy atom. The van der Waals surface area contributed by atoms with Crippen molar-refractivity contribution >= 4 is 17.3 Å². The summed E-state index contributed by atoms with van der Waals surface area (Å²) in [7, 11) is 3.95. The molecule has 5 heteroatoms. The van der Waals surface area contributed by atoms with Crippen LogP contribution in [0, 0.1) is 0 Å². The maximum Gasteiger partial charge on any atom is 0.271 e. The van der Waals surface area contributed by atoms with Gasteiger partial charge in [0.2, 0.25) is 0 Å².